The van der Waals surface area contributed by atoms with Gasteiger partial charge in [0.1, 0.15) is 23.1 Å². The number of nitrogens with zero attached hydrogens (tertiary/aromatic N) is 4. The molecule has 0 aliphatic carbocycles. The third kappa shape index (κ3) is 3.90. The number of benzene rings is 1. The predicted octanol–water partition coefficient (Wildman–Crippen LogP) is 2.29. The first-order valence-electron chi connectivity index (χ1n) is 9.39. The predicted molar refractivity (Wildman–Crippen MR) is 111 cm³/mol. The second-order valence-electron chi connectivity index (χ2n) is 6.35. The number of hydrogen-bond acceptors (Lipinski definition) is 7. The van der Waals surface area contributed by atoms with Gasteiger partial charge in [0.15, 0.2) is 0 Å². The molecule has 1 aromatic carbocycles. The van der Waals surface area contributed by atoms with Crippen LogP contribution in [-0.2, 0) is 11.8 Å². The molecule has 2 aromatic heterocycles. The summed E-state index contributed by atoms with van der Waals surface area (Å²) >= 11 is 0. The highest BCUT2D eigenvalue weighted by Gasteiger charge is 2.21. The Labute approximate surface area is 174 Å². The Bertz CT molecular complexity index is 1120. The van der Waals surface area contributed by atoms with E-state index in [1.54, 1.807) is 43.2 Å². The Balaban J connectivity index is 2.21. The van der Waals surface area contributed by atoms with E-state index in [1.807, 2.05) is 6.92 Å². The standard InChI is InChI=1S/C21H23N5O4/c1-5-30-9-8-23-20(27)17-10-14(16-12-24-26(2)21(16)29-4)13-6-7-18(28-3)15(11-22)19(13)25-17/h6-7,10,12H,5,8-9H2,1-4H3,(H,23,27). The molecular formula is C21H23N5O4. The highest BCUT2D eigenvalue weighted by molar-refractivity contribution is 6.04. The molecule has 156 valence electrons. The van der Waals surface area contributed by atoms with Crippen LogP contribution in [0, 0.1) is 11.3 Å². The van der Waals surface area contributed by atoms with Crippen LogP contribution in [-0.4, -0.2) is 54.6 Å². The fourth-order valence-electron chi connectivity index (χ4n) is 3.22. The van der Waals surface area contributed by atoms with Crippen LogP contribution in [0.5, 0.6) is 11.6 Å². The van der Waals surface area contributed by atoms with Gasteiger partial charge in [-0.1, -0.05) is 0 Å². The van der Waals surface area contributed by atoms with Gasteiger partial charge in [0.2, 0.25) is 5.88 Å². The van der Waals surface area contributed by atoms with Crippen LogP contribution in [0.15, 0.2) is 24.4 Å². The molecule has 2 heterocycles. The monoisotopic (exact) mass is 409 g/mol. The highest BCUT2D eigenvalue weighted by atomic mass is 16.5. The minimum Gasteiger partial charge on any atom is -0.495 e. The molecule has 0 unspecified atom stereocenters. The van der Waals surface area contributed by atoms with Crippen molar-refractivity contribution in [1.29, 1.82) is 5.26 Å². The molecule has 1 N–H and O–H groups in total. The molecule has 9 heteroatoms. The topological polar surface area (TPSA) is 111 Å². The zero-order chi connectivity index (χ0) is 21.7. The summed E-state index contributed by atoms with van der Waals surface area (Å²) in [5.74, 6) is 0.544. The van der Waals surface area contributed by atoms with Crippen LogP contribution in [0.25, 0.3) is 22.0 Å². The van der Waals surface area contributed by atoms with Crippen molar-refractivity contribution in [3.05, 3.63) is 35.7 Å². The smallest absolute Gasteiger partial charge is 0.270 e. The summed E-state index contributed by atoms with van der Waals surface area (Å²) in [5.41, 5.74) is 2.16. The number of carbonyl (C=O) groups excluding carboxylic acids is 1. The molecule has 0 atom stereocenters. The van der Waals surface area contributed by atoms with Gasteiger partial charge in [0.05, 0.1) is 38.1 Å². The molecule has 3 rings (SSSR count). The quantitative estimate of drug-likeness (QED) is 0.568. The lowest BCUT2D eigenvalue weighted by Crippen LogP contribution is -2.28. The number of carbonyl (C=O) groups is 1. The number of pyridine rings is 1. The number of methoxy groups -OCH3 is 2. The summed E-state index contributed by atoms with van der Waals surface area (Å²) in [6.07, 6.45) is 1.65. The average molecular weight is 409 g/mol. The second-order valence-corrected chi connectivity index (χ2v) is 6.35. The fourth-order valence-corrected chi connectivity index (χ4v) is 3.22. The lowest BCUT2D eigenvalue weighted by Gasteiger charge is -2.13. The van der Waals surface area contributed by atoms with E-state index < -0.39 is 0 Å². The van der Waals surface area contributed by atoms with Gasteiger partial charge < -0.3 is 19.5 Å². The van der Waals surface area contributed by atoms with E-state index in [0.29, 0.717) is 53.4 Å². The largest absolute Gasteiger partial charge is 0.495 e. The van der Waals surface area contributed by atoms with Gasteiger partial charge in [-0.2, -0.15) is 10.4 Å². The van der Waals surface area contributed by atoms with E-state index in [1.165, 1.54) is 7.11 Å². The fraction of sp³-hybridized carbons (Fsp3) is 0.333. The molecule has 0 saturated heterocycles. The molecule has 30 heavy (non-hydrogen) atoms. The van der Waals surface area contributed by atoms with Crippen molar-refractivity contribution < 1.29 is 19.0 Å². The van der Waals surface area contributed by atoms with Crippen LogP contribution < -0.4 is 14.8 Å². The number of amides is 1. The molecule has 0 aliphatic heterocycles. The number of hydrogen-bond donors (Lipinski definition) is 1. The number of nitriles is 1. The number of aromatic nitrogens is 3. The van der Waals surface area contributed by atoms with Gasteiger partial charge >= 0.3 is 0 Å². The first kappa shape index (κ1) is 21.1. The lowest BCUT2D eigenvalue weighted by atomic mass is 9.99. The van der Waals surface area contributed by atoms with Crippen molar-refractivity contribution in [2.45, 2.75) is 6.92 Å². The van der Waals surface area contributed by atoms with Crippen molar-refractivity contribution in [3.63, 3.8) is 0 Å². The summed E-state index contributed by atoms with van der Waals surface area (Å²) in [5, 5.41) is 17.4. The maximum Gasteiger partial charge on any atom is 0.270 e. The summed E-state index contributed by atoms with van der Waals surface area (Å²) < 4.78 is 17.7. The lowest BCUT2D eigenvalue weighted by molar-refractivity contribution is 0.0918. The third-order valence-corrected chi connectivity index (χ3v) is 4.61. The molecule has 3 aromatic rings. The Morgan fingerprint density at radius 3 is 2.73 bits per heavy atom. The highest BCUT2D eigenvalue weighted by Crippen LogP contribution is 2.37. The number of ether oxygens (including phenoxy) is 3. The molecular weight excluding hydrogens is 386 g/mol. The molecule has 0 bridgehead atoms. The van der Waals surface area contributed by atoms with Crippen molar-refractivity contribution in [3.8, 4) is 28.8 Å². The Morgan fingerprint density at radius 1 is 1.27 bits per heavy atom. The molecule has 0 radical (unpaired) electrons. The van der Waals surface area contributed by atoms with Crippen molar-refractivity contribution in [2.24, 2.45) is 7.05 Å². The zero-order valence-corrected chi connectivity index (χ0v) is 17.4. The Kier molecular flexibility index (Phi) is 6.49. The Hall–Kier alpha value is -3.64. The van der Waals surface area contributed by atoms with Crippen LogP contribution in [0.1, 0.15) is 23.0 Å². The maximum absolute atomic E-state index is 12.8. The van der Waals surface area contributed by atoms with Gasteiger partial charge in [-0.15, -0.1) is 0 Å². The van der Waals surface area contributed by atoms with Crippen LogP contribution in [0.4, 0.5) is 0 Å². The molecule has 0 aliphatic rings. The summed E-state index contributed by atoms with van der Waals surface area (Å²) in [6, 6.07) is 7.32. The van der Waals surface area contributed by atoms with Crippen LogP contribution >= 0.6 is 0 Å². The first-order valence-corrected chi connectivity index (χ1v) is 9.39. The molecule has 0 spiro atoms. The van der Waals surface area contributed by atoms with E-state index in [-0.39, 0.29) is 17.2 Å². The SMILES string of the molecule is CCOCCNC(=O)c1cc(-c2cnn(C)c2OC)c2ccc(OC)c(C#N)c2n1. The first-order chi connectivity index (χ1) is 14.5. The van der Waals surface area contributed by atoms with Gasteiger partial charge in [0, 0.05) is 31.1 Å². The van der Waals surface area contributed by atoms with Gasteiger partial charge in [-0.25, -0.2) is 9.67 Å². The molecule has 0 saturated carbocycles. The van der Waals surface area contributed by atoms with Crippen LogP contribution in [0.3, 0.4) is 0 Å². The van der Waals surface area contributed by atoms with Crippen molar-refractivity contribution in [1.82, 2.24) is 20.1 Å². The Morgan fingerprint density at radius 2 is 2.07 bits per heavy atom. The molecule has 9 nitrogen and oxygen atoms in total. The van der Waals surface area contributed by atoms with Crippen molar-refractivity contribution in [2.75, 3.05) is 34.0 Å². The number of fused-ring (bicyclic) bond motifs is 1. The average Bonchev–Trinajstić information content (AvgIpc) is 3.14. The molecule has 0 fully saturated rings. The van der Waals surface area contributed by atoms with E-state index in [9.17, 15) is 10.1 Å². The summed E-state index contributed by atoms with van der Waals surface area (Å²) in [4.78, 5) is 17.2. The molecule has 1 amide bonds. The summed E-state index contributed by atoms with van der Waals surface area (Å²) in [7, 11) is 4.79. The van der Waals surface area contributed by atoms with Gasteiger partial charge in [-0.05, 0) is 25.1 Å². The van der Waals surface area contributed by atoms with E-state index >= 15 is 0 Å². The van der Waals surface area contributed by atoms with Gasteiger partial charge in [-0.3, -0.25) is 4.79 Å². The van der Waals surface area contributed by atoms with E-state index in [2.05, 4.69) is 21.5 Å². The summed E-state index contributed by atoms with van der Waals surface area (Å²) in [6.45, 7) is 3.20. The normalized spacial score (nSPS) is 10.6. The maximum atomic E-state index is 12.8. The number of aryl methyl sites for hydroxylation is 1. The minimum absolute atomic E-state index is 0.171. The van der Waals surface area contributed by atoms with E-state index in [4.69, 9.17) is 14.2 Å². The second kappa shape index (κ2) is 9.24. The van der Waals surface area contributed by atoms with Gasteiger partial charge in [0.25, 0.3) is 5.91 Å². The number of rotatable bonds is 8. The van der Waals surface area contributed by atoms with E-state index in [0.717, 1.165) is 0 Å². The zero-order valence-electron chi connectivity index (χ0n) is 17.4. The third-order valence-electron chi connectivity index (χ3n) is 4.61. The minimum atomic E-state index is -0.368. The number of nitrogens with one attached hydrogen (secondary N) is 1. The van der Waals surface area contributed by atoms with Crippen LogP contribution in [0.2, 0.25) is 0 Å². The van der Waals surface area contributed by atoms with Crippen molar-refractivity contribution >= 4 is 16.8 Å².